The highest BCUT2D eigenvalue weighted by molar-refractivity contribution is 6.34. The molecule has 4 rings (SSSR count). The van der Waals surface area contributed by atoms with E-state index in [4.69, 9.17) is 21.4 Å². The Kier molecular flexibility index (Phi) is 8.51. The minimum atomic E-state index is -1.05. The summed E-state index contributed by atoms with van der Waals surface area (Å²) >= 11 is 6.42. The molecule has 37 heavy (non-hydrogen) atoms. The molecule has 1 spiro atoms. The van der Waals surface area contributed by atoms with Crippen LogP contribution in [0.4, 0.5) is 5.69 Å². The summed E-state index contributed by atoms with van der Waals surface area (Å²) in [4.78, 5) is 43.1. The van der Waals surface area contributed by atoms with Gasteiger partial charge in [0.15, 0.2) is 0 Å². The number of nitrogens with zero attached hydrogens (tertiary/aromatic N) is 1. The van der Waals surface area contributed by atoms with E-state index in [-0.39, 0.29) is 24.3 Å². The fourth-order valence-electron chi connectivity index (χ4n) is 6.74. The molecule has 0 radical (unpaired) electrons. The molecule has 3 saturated heterocycles. The van der Waals surface area contributed by atoms with Gasteiger partial charge in [0.1, 0.15) is 11.6 Å². The van der Waals surface area contributed by atoms with Crippen molar-refractivity contribution in [1.29, 1.82) is 0 Å². The van der Waals surface area contributed by atoms with Crippen molar-refractivity contribution in [1.82, 2.24) is 10.2 Å². The maximum Gasteiger partial charge on any atom is 0.250 e. The van der Waals surface area contributed by atoms with E-state index in [2.05, 4.69) is 10.6 Å². The summed E-state index contributed by atoms with van der Waals surface area (Å²) in [5, 5.41) is 15.5. The Hall–Kier alpha value is -2.16. The number of nitrogens with one attached hydrogen (secondary N) is 2. The SMILES string of the molecule is CCCNC(=O)[C@@H]1[C@H]2C(=O)N(CCCCCCO)C(C(=O)Nc3c(C)cccc3Cl)C23CC[C@@]1(CC)O3. The monoisotopic (exact) mass is 533 g/mol. The van der Waals surface area contributed by atoms with Gasteiger partial charge in [-0.05, 0) is 57.1 Å². The predicted molar refractivity (Wildman–Crippen MR) is 142 cm³/mol. The molecule has 8 nitrogen and oxygen atoms in total. The number of para-hydroxylation sites is 1. The van der Waals surface area contributed by atoms with E-state index >= 15 is 0 Å². The van der Waals surface area contributed by atoms with E-state index in [1.165, 1.54) is 0 Å². The number of rotatable bonds is 12. The third-order valence-electron chi connectivity index (χ3n) is 8.54. The van der Waals surface area contributed by atoms with Crippen LogP contribution in [-0.2, 0) is 19.1 Å². The van der Waals surface area contributed by atoms with Crippen LogP contribution in [0.15, 0.2) is 18.2 Å². The zero-order valence-electron chi connectivity index (χ0n) is 22.1. The van der Waals surface area contributed by atoms with Crippen LogP contribution in [0.2, 0.25) is 5.02 Å². The first-order valence-corrected chi connectivity index (χ1v) is 14.1. The second-order valence-electron chi connectivity index (χ2n) is 10.7. The Balaban J connectivity index is 1.69. The van der Waals surface area contributed by atoms with Crippen molar-refractivity contribution in [3.63, 3.8) is 0 Å². The Bertz CT molecular complexity index is 1010. The van der Waals surface area contributed by atoms with Crippen LogP contribution < -0.4 is 10.6 Å². The number of aliphatic hydroxyl groups is 1. The maximum absolute atomic E-state index is 14.1. The fourth-order valence-corrected chi connectivity index (χ4v) is 7.01. The summed E-state index contributed by atoms with van der Waals surface area (Å²) in [6.45, 7) is 6.93. The van der Waals surface area contributed by atoms with Crippen LogP contribution in [0.5, 0.6) is 0 Å². The number of anilines is 1. The molecule has 1 aromatic rings. The first-order chi connectivity index (χ1) is 17.8. The summed E-state index contributed by atoms with van der Waals surface area (Å²) in [5.74, 6) is -1.98. The van der Waals surface area contributed by atoms with E-state index in [0.29, 0.717) is 55.9 Å². The van der Waals surface area contributed by atoms with Gasteiger partial charge in [-0.3, -0.25) is 14.4 Å². The fraction of sp³-hybridized carbons (Fsp3) is 0.679. The van der Waals surface area contributed by atoms with Gasteiger partial charge < -0.3 is 25.4 Å². The van der Waals surface area contributed by atoms with Crippen molar-refractivity contribution in [3.05, 3.63) is 28.8 Å². The van der Waals surface area contributed by atoms with Gasteiger partial charge in [0.2, 0.25) is 17.7 Å². The molecule has 5 atom stereocenters. The van der Waals surface area contributed by atoms with E-state index < -0.39 is 29.1 Å². The number of likely N-dealkylation sites (tertiary alicyclic amines) is 1. The van der Waals surface area contributed by atoms with Crippen LogP contribution >= 0.6 is 11.6 Å². The standard InChI is InChI=1S/C28H40ClN3O5/c1-4-15-30-24(34)20-21-26(36)32(16-8-6-7-9-17-33)23(28(21)14-13-27(20,5-2)37-28)25(35)31-22-18(3)11-10-12-19(22)29/h10-12,20-21,23,33H,4-9,13-17H2,1-3H3,(H,30,34)(H,31,35)/t20-,21-,23?,27+,28?/m0/s1. The molecule has 1 aromatic carbocycles. The number of hydrogen-bond acceptors (Lipinski definition) is 5. The first kappa shape index (κ1) is 27.9. The second-order valence-corrected chi connectivity index (χ2v) is 11.1. The zero-order chi connectivity index (χ0) is 26.8. The second kappa shape index (κ2) is 11.3. The number of ether oxygens (including phenoxy) is 1. The van der Waals surface area contributed by atoms with Crippen molar-refractivity contribution in [2.24, 2.45) is 11.8 Å². The molecular weight excluding hydrogens is 494 g/mol. The lowest BCUT2D eigenvalue weighted by atomic mass is 9.65. The van der Waals surface area contributed by atoms with Gasteiger partial charge in [0, 0.05) is 19.7 Å². The lowest BCUT2D eigenvalue weighted by Crippen LogP contribution is -2.53. The molecule has 2 unspecified atom stereocenters. The summed E-state index contributed by atoms with van der Waals surface area (Å²) in [6, 6.07) is 4.57. The van der Waals surface area contributed by atoms with E-state index in [9.17, 15) is 14.4 Å². The third-order valence-corrected chi connectivity index (χ3v) is 8.85. The van der Waals surface area contributed by atoms with Crippen LogP contribution in [0.3, 0.4) is 0 Å². The van der Waals surface area contributed by atoms with Crippen molar-refractivity contribution in [3.8, 4) is 0 Å². The number of aliphatic hydroxyl groups excluding tert-OH is 1. The van der Waals surface area contributed by atoms with Crippen molar-refractivity contribution >= 4 is 35.0 Å². The summed E-state index contributed by atoms with van der Waals surface area (Å²) in [5.41, 5.74) is -0.441. The molecule has 9 heteroatoms. The molecule has 3 amide bonds. The van der Waals surface area contributed by atoms with Gasteiger partial charge in [0.05, 0.1) is 28.1 Å². The van der Waals surface area contributed by atoms with E-state index in [1.54, 1.807) is 11.0 Å². The minimum Gasteiger partial charge on any atom is -0.396 e. The molecule has 3 fully saturated rings. The van der Waals surface area contributed by atoms with Gasteiger partial charge >= 0.3 is 0 Å². The molecule has 3 aliphatic rings. The smallest absolute Gasteiger partial charge is 0.250 e. The lowest BCUT2D eigenvalue weighted by molar-refractivity contribution is -0.146. The Labute approximate surface area is 224 Å². The zero-order valence-corrected chi connectivity index (χ0v) is 22.9. The van der Waals surface area contributed by atoms with Crippen molar-refractivity contribution < 1.29 is 24.2 Å². The number of unbranched alkanes of at least 4 members (excludes halogenated alkanes) is 3. The molecule has 0 saturated carbocycles. The minimum absolute atomic E-state index is 0.136. The average Bonchev–Trinajstić information content (AvgIpc) is 3.48. The molecule has 3 heterocycles. The van der Waals surface area contributed by atoms with Gasteiger partial charge in [-0.15, -0.1) is 0 Å². The van der Waals surface area contributed by atoms with Crippen molar-refractivity contribution in [2.45, 2.75) is 89.4 Å². The highest BCUT2D eigenvalue weighted by Crippen LogP contribution is 2.64. The van der Waals surface area contributed by atoms with E-state index in [0.717, 1.165) is 24.8 Å². The summed E-state index contributed by atoms with van der Waals surface area (Å²) in [7, 11) is 0. The number of hydrogen-bond donors (Lipinski definition) is 3. The van der Waals surface area contributed by atoms with Gasteiger partial charge in [-0.1, -0.05) is 50.4 Å². The molecule has 204 valence electrons. The molecular formula is C28H40ClN3O5. The number of carbonyl (C=O) groups excluding carboxylic acids is 3. The quantitative estimate of drug-likeness (QED) is 0.354. The first-order valence-electron chi connectivity index (χ1n) is 13.7. The van der Waals surface area contributed by atoms with Crippen LogP contribution in [0.25, 0.3) is 0 Å². The normalized spacial score (nSPS) is 30.0. The lowest BCUT2D eigenvalue weighted by Gasteiger charge is -2.34. The van der Waals surface area contributed by atoms with Crippen LogP contribution in [0, 0.1) is 18.8 Å². The average molecular weight is 534 g/mol. The largest absolute Gasteiger partial charge is 0.396 e. The molecule has 0 aromatic heterocycles. The maximum atomic E-state index is 14.1. The van der Waals surface area contributed by atoms with Gasteiger partial charge in [-0.2, -0.15) is 0 Å². The van der Waals surface area contributed by atoms with Gasteiger partial charge in [-0.25, -0.2) is 0 Å². The topological polar surface area (TPSA) is 108 Å². The molecule has 3 aliphatic heterocycles. The van der Waals surface area contributed by atoms with Gasteiger partial charge in [0.25, 0.3) is 0 Å². The number of halogens is 1. The number of amides is 3. The summed E-state index contributed by atoms with van der Waals surface area (Å²) in [6.07, 6.45) is 5.67. The number of benzene rings is 1. The number of aryl methyl sites for hydroxylation is 1. The molecule has 2 bridgehead atoms. The highest BCUT2D eigenvalue weighted by atomic mass is 35.5. The molecule has 0 aliphatic carbocycles. The van der Waals surface area contributed by atoms with E-state index in [1.807, 2.05) is 32.9 Å². The predicted octanol–water partition coefficient (Wildman–Crippen LogP) is 3.82. The Morgan fingerprint density at radius 3 is 2.59 bits per heavy atom. The molecule has 3 N–H and O–H groups in total. The van der Waals surface area contributed by atoms with Crippen LogP contribution in [-0.4, -0.2) is 64.7 Å². The van der Waals surface area contributed by atoms with Crippen LogP contribution in [0.1, 0.15) is 70.8 Å². The number of fused-ring (bicyclic) bond motifs is 1. The van der Waals surface area contributed by atoms with Crippen molar-refractivity contribution in [2.75, 3.05) is 25.0 Å². The number of carbonyl (C=O) groups is 3. The highest BCUT2D eigenvalue weighted by Gasteiger charge is 2.78. The third kappa shape index (κ3) is 4.77. The Morgan fingerprint density at radius 1 is 1.16 bits per heavy atom. The summed E-state index contributed by atoms with van der Waals surface area (Å²) < 4.78 is 6.76. The Morgan fingerprint density at radius 2 is 1.92 bits per heavy atom.